The topological polar surface area (TPSA) is 39.2 Å². The standard InChI is InChI=1S/C7H2Cl2F3NO2/c8-3-1-2-4(15-7(10,11)12)13-5(3)6(9)14/h1-2H. The maximum absolute atomic E-state index is 11.8. The van der Waals surface area contributed by atoms with Gasteiger partial charge in [-0.2, -0.15) is 0 Å². The molecule has 1 aromatic rings. The monoisotopic (exact) mass is 259 g/mol. The van der Waals surface area contributed by atoms with Crippen LogP contribution in [0.4, 0.5) is 13.2 Å². The van der Waals surface area contributed by atoms with Gasteiger partial charge in [-0.15, -0.1) is 13.2 Å². The average Bonchev–Trinajstić information content (AvgIpc) is 2.05. The molecule has 0 saturated carbocycles. The Morgan fingerprint density at radius 3 is 2.47 bits per heavy atom. The number of ether oxygens (including phenoxy) is 1. The van der Waals surface area contributed by atoms with E-state index in [1.165, 1.54) is 0 Å². The van der Waals surface area contributed by atoms with Crippen molar-refractivity contribution in [1.82, 2.24) is 4.98 Å². The molecule has 0 aromatic carbocycles. The second kappa shape index (κ2) is 4.24. The largest absolute Gasteiger partial charge is 0.574 e. The highest BCUT2D eigenvalue weighted by Crippen LogP contribution is 2.24. The molecular weight excluding hydrogens is 258 g/mol. The predicted molar refractivity (Wildman–Crippen MR) is 46.1 cm³/mol. The average molecular weight is 260 g/mol. The number of halogens is 5. The maximum Gasteiger partial charge on any atom is 0.574 e. The summed E-state index contributed by atoms with van der Waals surface area (Å²) < 4.78 is 38.8. The van der Waals surface area contributed by atoms with Gasteiger partial charge in [0.2, 0.25) is 5.88 Å². The van der Waals surface area contributed by atoms with Gasteiger partial charge in [0.05, 0.1) is 5.02 Å². The molecule has 0 amide bonds. The molecule has 0 N–H and O–H groups in total. The van der Waals surface area contributed by atoms with Crippen LogP contribution in [0.1, 0.15) is 10.5 Å². The lowest BCUT2D eigenvalue weighted by Crippen LogP contribution is -2.18. The minimum Gasteiger partial charge on any atom is -0.388 e. The zero-order valence-corrected chi connectivity index (χ0v) is 8.32. The van der Waals surface area contributed by atoms with E-state index >= 15 is 0 Å². The lowest BCUT2D eigenvalue weighted by molar-refractivity contribution is -0.276. The quantitative estimate of drug-likeness (QED) is 0.767. The van der Waals surface area contributed by atoms with Gasteiger partial charge in [0, 0.05) is 6.07 Å². The van der Waals surface area contributed by atoms with E-state index in [0.717, 1.165) is 12.1 Å². The number of hydrogen-bond donors (Lipinski definition) is 0. The van der Waals surface area contributed by atoms with Crippen molar-refractivity contribution >= 4 is 28.4 Å². The Hall–Kier alpha value is -1.01. The molecule has 82 valence electrons. The Balaban J connectivity index is 3.03. The molecule has 0 atom stereocenters. The Morgan fingerprint density at radius 2 is 2.00 bits per heavy atom. The molecular formula is C7H2Cl2F3NO2. The molecule has 0 fully saturated rings. The fourth-order valence-corrected chi connectivity index (χ4v) is 1.12. The van der Waals surface area contributed by atoms with Crippen molar-refractivity contribution in [3.63, 3.8) is 0 Å². The number of rotatable bonds is 2. The minimum absolute atomic E-state index is 0.149. The number of carbonyl (C=O) groups is 1. The van der Waals surface area contributed by atoms with Crippen LogP contribution in [0.25, 0.3) is 0 Å². The van der Waals surface area contributed by atoms with Gasteiger partial charge < -0.3 is 4.74 Å². The lowest BCUT2D eigenvalue weighted by Gasteiger charge is -2.08. The molecule has 8 heteroatoms. The van der Waals surface area contributed by atoms with Crippen LogP contribution >= 0.6 is 23.2 Å². The van der Waals surface area contributed by atoms with E-state index in [2.05, 4.69) is 9.72 Å². The molecule has 15 heavy (non-hydrogen) atoms. The normalized spacial score (nSPS) is 11.3. The molecule has 0 saturated heterocycles. The highest BCUT2D eigenvalue weighted by Gasteiger charge is 2.32. The van der Waals surface area contributed by atoms with Crippen LogP contribution in [0.15, 0.2) is 12.1 Å². The summed E-state index contributed by atoms with van der Waals surface area (Å²) in [5.74, 6) is -0.795. The van der Waals surface area contributed by atoms with Crippen molar-refractivity contribution in [2.45, 2.75) is 6.36 Å². The first-order chi connectivity index (χ1) is 6.79. The molecule has 0 bridgehead atoms. The summed E-state index contributed by atoms with van der Waals surface area (Å²) in [5.41, 5.74) is -0.486. The van der Waals surface area contributed by atoms with Crippen LogP contribution in [0.5, 0.6) is 5.88 Å². The highest BCUT2D eigenvalue weighted by atomic mass is 35.5. The smallest absolute Gasteiger partial charge is 0.388 e. The lowest BCUT2D eigenvalue weighted by atomic mass is 10.4. The van der Waals surface area contributed by atoms with Crippen molar-refractivity contribution in [2.24, 2.45) is 0 Å². The fraction of sp³-hybridized carbons (Fsp3) is 0.143. The second-order valence-electron chi connectivity index (χ2n) is 2.30. The number of nitrogens with zero attached hydrogens (tertiary/aromatic N) is 1. The third kappa shape index (κ3) is 3.56. The molecule has 1 aromatic heterocycles. The summed E-state index contributed by atoms with van der Waals surface area (Å²) >= 11 is 10.5. The van der Waals surface area contributed by atoms with Crippen molar-refractivity contribution in [3.8, 4) is 5.88 Å². The molecule has 0 radical (unpaired) electrons. The molecule has 0 aliphatic rings. The van der Waals surface area contributed by atoms with Crippen LogP contribution < -0.4 is 4.74 Å². The molecule has 0 aliphatic heterocycles. The summed E-state index contributed by atoms with van der Waals surface area (Å²) in [4.78, 5) is 13.9. The van der Waals surface area contributed by atoms with Crippen molar-refractivity contribution in [2.75, 3.05) is 0 Å². The van der Waals surface area contributed by atoms with Crippen LogP contribution in [0.3, 0.4) is 0 Å². The van der Waals surface area contributed by atoms with Crippen LogP contribution in [-0.4, -0.2) is 16.6 Å². The van der Waals surface area contributed by atoms with Crippen LogP contribution in [0, 0.1) is 0 Å². The first kappa shape index (κ1) is 12.1. The molecule has 1 heterocycles. The van der Waals surface area contributed by atoms with E-state index in [4.69, 9.17) is 23.2 Å². The maximum atomic E-state index is 11.8. The Kier molecular flexibility index (Phi) is 3.41. The molecule has 0 aliphatic carbocycles. The first-order valence-corrected chi connectivity index (χ1v) is 4.17. The number of pyridine rings is 1. The molecule has 0 unspecified atom stereocenters. The predicted octanol–water partition coefficient (Wildman–Crippen LogP) is 3.01. The minimum atomic E-state index is -4.88. The van der Waals surface area contributed by atoms with Gasteiger partial charge in [-0.05, 0) is 17.7 Å². The van der Waals surface area contributed by atoms with Gasteiger partial charge in [0.25, 0.3) is 5.24 Å². The van der Waals surface area contributed by atoms with Gasteiger partial charge in [0.1, 0.15) is 5.69 Å². The van der Waals surface area contributed by atoms with Gasteiger partial charge in [-0.25, -0.2) is 4.98 Å². The SMILES string of the molecule is O=C(Cl)c1nc(OC(F)(F)F)ccc1Cl. The zero-order chi connectivity index (χ0) is 11.6. The summed E-state index contributed by atoms with van der Waals surface area (Å²) in [6.07, 6.45) is -4.88. The Bertz CT molecular complexity index is 394. The third-order valence-electron chi connectivity index (χ3n) is 1.23. The third-order valence-corrected chi connectivity index (χ3v) is 1.71. The van der Waals surface area contributed by atoms with E-state index in [1.54, 1.807) is 0 Å². The Labute approximate surface area is 91.8 Å². The zero-order valence-electron chi connectivity index (χ0n) is 6.81. The van der Waals surface area contributed by atoms with E-state index in [0.29, 0.717) is 0 Å². The van der Waals surface area contributed by atoms with Gasteiger partial charge in [0.15, 0.2) is 0 Å². The van der Waals surface area contributed by atoms with Crippen molar-refractivity contribution < 1.29 is 22.7 Å². The van der Waals surface area contributed by atoms with Crippen molar-refractivity contribution in [1.29, 1.82) is 0 Å². The molecule has 3 nitrogen and oxygen atoms in total. The summed E-state index contributed by atoms with van der Waals surface area (Å²) in [7, 11) is 0. The Morgan fingerprint density at radius 1 is 1.40 bits per heavy atom. The highest BCUT2D eigenvalue weighted by molar-refractivity contribution is 6.68. The van der Waals surface area contributed by atoms with E-state index in [1.807, 2.05) is 0 Å². The fourth-order valence-electron chi connectivity index (χ4n) is 0.737. The van der Waals surface area contributed by atoms with Gasteiger partial charge in [-0.1, -0.05) is 11.6 Å². The number of alkyl halides is 3. The van der Waals surface area contributed by atoms with Gasteiger partial charge >= 0.3 is 6.36 Å². The number of hydrogen-bond acceptors (Lipinski definition) is 3. The van der Waals surface area contributed by atoms with Crippen molar-refractivity contribution in [3.05, 3.63) is 22.8 Å². The number of aromatic nitrogens is 1. The summed E-state index contributed by atoms with van der Waals surface area (Å²) in [6, 6.07) is 1.91. The van der Waals surface area contributed by atoms with E-state index < -0.39 is 23.2 Å². The van der Waals surface area contributed by atoms with Crippen LogP contribution in [0.2, 0.25) is 5.02 Å². The summed E-state index contributed by atoms with van der Waals surface area (Å²) in [5, 5.41) is -1.21. The van der Waals surface area contributed by atoms with E-state index in [-0.39, 0.29) is 5.02 Å². The summed E-state index contributed by atoms with van der Waals surface area (Å²) in [6.45, 7) is 0. The second-order valence-corrected chi connectivity index (χ2v) is 3.05. The molecule has 1 rings (SSSR count). The first-order valence-electron chi connectivity index (χ1n) is 3.42. The van der Waals surface area contributed by atoms with Crippen LogP contribution in [-0.2, 0) is 0 Å². The van der Waals surface area contributed by atoms with E-state index in [9.17, 15) is 18.0 Å². The van der Waals surface area contributed by atoms with Gasteiger partial charge in [-0.3, -0.25) is 4.79 Å². The number of carbonyl (C=O) groups excluding carboxylic acids is 1. The molecule has 0 spiro atoms.